The summed E-state index contributed by atoms with van der Waals surface area (Å²) in [5, 5.41) is 16.9. The van der Waals surface area contributed by atoms with Crippen LogP contribution in [0.3, 0.4) is 0 Å². The average molecular weight is 459 g/mol. The number of aliphatic hydroxyl groups excluding tert-OH is 1. The van der Waals surface area contributed by atoms with E-state index < -0.39 is 6.04 Å². The third-order valence-corrected chi connectivity index (χ3v) is 6.81. The Labute approximate surface area is 195 Å². The molecule has 0 bridgehead atoms. The zero-order valence-corrected chi connectivity index (χ0v) is 18.8. The molecule has 3 aromatic heterocycles. The number of methoxy groups -OCH3 is 1. The molecule has 166 valence electrons. The highest BCUT2D eigenvalue weighted by Gasteiger charge is 2.39. The van der Waals surface area contributed by atoms with Crippen LogP contribution in [0.25, 0.3) is 10.6 Å². The number of carbonyl (C=O) groups excluding carboxylic acids is 1. The van der Waals surface area contributed by atoms with Gasteiger partial charge in [-0.15, -0.1) is 11.3 Å². The SMILES string of the molecule is COC1=C(C2CC(c3cccnc3)=NN2C(=O)c2ccc(-c3ccccn3)s2)C(O)=CCC1. The molecule has 5 rings (SSSR count). The van der Waals surface area contributed by atoms with Gasteiger partial charge in [-0.25, -0.2) is 5.01 Å². The number of aromatic nitrogens is 2. The molecule has 1 amide bonds. The van der Waals surface area contributed by atoms with E-state index in [0.717, 1.165) is 21.8 Å². The van der Waals surface area contributed by atoms with Crippen molar-refractivity contribution >= 4 is 23.0 Å². The van der Waals surface area contributed by atoms with Crippen molar-refractivity contribution in [1.29, 1.82) is 0 Å². The van der Waals surface area contributed by atoms with Crippen molar-refractivity contribution in [3.8, 4) is 10.6 Å². The van der Waals surface area contributed by atoms with Crippen LogP contribution in [0.4, 0.5) is 0 Å². The van der Waals surface area contributed by atoms with E-state index in [-0.39, 0.29) is 11.7 Å². The summed E-state index contributed by atoms with van der Waals surface area (Å²) in [5.74, 6) is 0.595. The second-order valence-electron chi connectivity index (χ2n) is 7.71. The molecule has 8 heteroatoms. The van der Waals surface area contributed by atoms with Crippen molar-refractivity contribution in [1.82, 2.24) is 15.0 Å². The predicted octanol–water partition coefficient (Wildman–Crippen LogP) is 4.96. The Balaban J connectivity index is 1.54. The van der Waals surface area contributed by atoms with Gasteiger partial charge >= 0.3 is 0 Å². The maximum atomic E-state index is 13.7. The maximum Gasteiger partial charge on any atom is 0.284 e. The molecule has 0 saturated carbocycles. The normalized spacial score (nSPS) is 18.2. The molecule has 0 fully saturated rings. The topological polar surface area (TPSA) is 87.9 Å². The van der Waals surface area contributed by atoms with Gasteiger partial charge in [0.25, 0.3) is 5.91 Å². The Morgan fingerprint density at radius 2 is 2.09 bits per heavy atom. The number of pyridine rings is 2. The van der Waals surface area contributed by atoms with Crippen molar-refractivity contribution in [2.24, 2.45) is 5.10 Å². The molecule has 1 aliphatic heterocycles. The second-order valence-corrected chi connectivity index (χ2v) is 8.79. The molecule has 1 atom stereocenters. The summed E-state index contributed by atoms with van der Waals surface area (Å²) in [5.41, 5.74) is 3.01. The molecule has 2 aliphatic rings. The number of hydrogen-bond donors (Lipinski definition) is 1. The number of amides is 1. The summed E-state index contributed by atoms with van der Waals surface area (Å²) >= 11 is 1.37. The highest BCUT2D eigenvalue weighted by atomic mass is 32.1. The van der Waals surface area contributed by atoms with Crippen LogP contribution in [0.5, 0.6) is 0 Å². The second kappa shape index (κ2) is 8.99. The van der Waals surface area contributed by atoms with Crippen molar-refractivity contribution in [2.45, 2.75) is 25.3 Å². The zero-order valence-electron chi connectivity index (χ0n) is 18.0. The van der Waals surface area contributed by atoms with Gasteiger partial charge in [0.2, 0.25) is 0 Å². The number of rotatable bonds is 5. The molecule has 33 heavy (non-hydrogen) atoms. The summed E-state index contributed by atoms with van der Waals surface area (Å²) in [6.07, 6.45) is 8.74. The largest absolute Gasteiger partial charge is 0.508 e. The molecule has 0 saturated heterocycles. The van der Waals surface area contributed by atoms with Gasteiger partial charge in [0.1, 0.15) is 11.5 Å². The van der Waals surface area contributed by atoms with E-state index >= 15 is 0 Å². The van der Waals surface area contributed by atoms with E-state index in [1.54, 1.807) is 37.8 Å². The van der Waals surface area contributed by atoms with Crippen LogP contribution in [0.15, 0.2) is 89.3 Å². The lowest BCUT2D eigenvalue weighted by molar-refractivity contribution is 0.0733. The Bertz CT molecular complexity index is 1270. The Kier molecular flexibility index (Phi) is 5.75. The third-order valence-electron chi connectivity index (χ3n) is 5.71. The van der Waals surface area contributed by atoms with E-state index in [9.17, 15) is 9.90 Å². The Hall–Kier alpha value is -3.78. The first kappa shape index (κ1) is 21.1. The lowest BCUT2D eigenvalue weighted by Gasteiger charge is -2.27. The molecule has 0 spiro atoms. The Morgan fingerprint density at radius 1 is 1.18 bits per heavy atom. The van der Waals surface area contributed by atoms with Crippen LogP contribution in [-0.2, 0) is 4.74 Å². The van der Waals surface area contributed by atoms with Crippen LogP contribution in [-0.4, -0.2) is 44.9 Å². The third kappa shape index (κ3) is 4.05. The van der Waals surface area contributed by atoms with Crippen LogP contribution < -0.4 is 0 Å². The zero-order chi connectivity index (χ0) is 22.8. The fourth-order valence-corrected chi connectivity index (χ4v) is 5.05. The van der Waals surface area contributed by atoms with Crippen molar-refractivity contribution in [3.63, 3.8) is 0 Å². The van der Waals surface area contributed by atoms with E-state index in [1.807, 2.05) is 36.4 Å². The van der Waals surface area contributed by atoms with E-state index in [4.69, 9.17) is 9.84 Å². The first-order valence-corrected chi connectivity index (χ1v) is 11.5. The van der Waals surface area contributed by atoms with Crippen LogP contribution >= 0.6 is 11.3 Å². The number of hydrogen-bond acceptors (Lipinski definition) is 7. The number of allylic oxidation sites excluding steroid dienone is 2. The molecular formula is C25H22N4O3S. The standard InChI is InChI=1S/C25H22N4O3S/c1-32-21-9-4-8-20(30)24(21)19-14-18(16-6-5-12-26-15-16)28-29(19)25(31)23-11-10-22(33-23)17-7-2-3-13-27-17/h2-3,5-8,10-13,15,19,30H,4,9,14H2,1H3. The molecule has 1 aliphatic carbocycles. The highest BCUT2D eigenvalue weighted by Crippen LogP contribution is 2.36. The molecule has 0 radical (unpaired) electrons. The van der Waals surface area contributed by atoms with Gasteiger partial charge < -0.3 is 9.84 Å². The first-order valence-electron chi connectivity index (χ1n) is 10.6. The fraction of sp³-hybridized carbons (Fsp3) is 0.200. The van der Waals surface area contributed by atoms with Crippen LogP contribution in [0, 0.1) is 0 Å². The first-order chi connectivity index (χ1) is 16.2. The predicted molar refractivity (Wildman–Crippen MR) is 127 cm³/mol. The van der Waals surface area contributed by atoms with Crippen molar-refractivity contribution < 1.29 is 14.6 Å². The minimum Gasteiger partial charge on any atom is -0.508 e. The molecule has 1 unspecified atom stereocenters. The van der Waals surface area contributed by atoms with Gasteiger partial charge in [-0.2, -0.15) is 5.10 Å². The van der Waals surface area contributed by atoms with Gasteiger partial charge in [-0.1, -0.05) is 12.1 Å². The molecule has 4 heterocycles. The summed E-state index contributed by atoms with van der Waals surface area (Å²) in [6.45, 7) is 0. The minimum absolute atomic E-state index is 0.142. The van der Waals surface area contributed by atoms with E-state index in [0.29, 0.717) is 35.5 Å². The van der Waals surface area contributed by atoms with Crippen molar-refractivity contribution in [2.75, 3.05) is 7.11 Å². The number of aliphatic hydroxyl groups is 1. The minimum atomic E-state index is -0.473. The lowest BCUT2D eigenvalue weighted by atomic mass is 9.92. The summed E-state index contributed by atoms with van der Waals surface area (Å²) < 4.78 is 5.60. The summed E-state index contributed by atoms with van der Waals surface area (Å²) in [7, 11) is 1.59. The summed E-state index contributed by atoms with van der Waals surface area (Å²) in [4.78, 5) is 23.7. The van der Waals surface area contributed by atoms with Crippen LogP contribution in [0.2, 0.25) is 0 Å². The average Bonchev–Trinajstić information content (AvgIpc) is 3.53. The smallest absolute Gasteiger partial charge is 0.284 e. The highest BCUT2D eigenvalue weighted by molar-refractivity contribution is 7.17. The van der Waals surface area contributed by atoms with Crippen LogP contribution in [0.1, 0.15) is 34.5 Å². The van der Waals surface area contributed by atoms with Gasteiger partial charge in [0.15, 0.2) is 0 Å². The molecule has 1 N–H and O–H groups in total. The monoisotopic (exact) mass is 458 g/mol. The molecular weight excluding hydrogens is 436 g/mol. The van der Waals surface area contributed by atoms with Crippen molar-refractivity contribution in [3.05, 3.63) is 94.7 Å². The quantitative estimate of drug-likeness (QED) is 0.584. The summed E-state index contributed by atoms with van der Waals surface area (Å²) in [6, 6.07) is 12.7. The number of nitrogens with zero attached hydrogens (tertiary/aromatic N) is 4. The number of carbonyl (C=O) groups is 1. The molecule has 0 aromatic carbocycles. The van der Waals surface area contributed by atoms with E-state index in [1.165, 1.54) is 16.3 Å². The lowest BCUT2D eigenvalue weighted by Crippen LogP contribution is -2.35. The maximum absolute atomic E-state index is 13.7. The van der Waals surface area contributed by atoms with Gasteiger partial charge in [-0.05, 0) is 42.8 Å². The number of ether oxygens (including phenoxy) is 1. The molecule has 3 aromatic rings. The Morgan fingerprint density at radius 3 is 2.85 bits per heavy atom. The van der Waals surface area contributed by atoms with Gasteiger partial charge in [0, 0.05) is 37.0 Å². The fourth-order valence-electron chi connectivity index (χ4n) is 4.14. The number of thiophene rings is 1. The van der Waals surface area contributed by atoms with E-state index in [2.05, 4.69) is 9.97 Å². The number of hydrazone groups is 1. The molecule has 7 nitrogen and oxygen atoms in total. The van der Waals surface area contributed by atoms with Gasteiger partial charge in [-0.3, -0.25) is 14.8 Å². The van der Waals surface area contributed by atoms with Gasteiger partial charge in [0.05, 0.1) is 39.9 Å².